The maximum absolute atomic E-state index is 12.0. The summed E-state index contributed by atoms with van der Waals surface area (Å²) in [6, 6.07) is 6.80. The molecule has 0 saturated heterocycles. The fourth-order valence-corrected chi connectivity index (χ4v) is 4.60. The number of halogens is 1. The topological polar surface area (TPSA) is 44.9 Å². The molecule has 1 aliphatic rings. The fourth-order valence-electron chi connectivity index (χ4n) is 3.96. The van der Waals surface area contributed by atoms with E-state index in [1.807, 2.05) is 12.1 Å². The van der Waals surface area contributed by atoms with Crippen LogP contribution in [0, 0.1) is 9.73 Å². The van der Waals surface area contributed by atoms with Crippen LogP contribution >= 0.6 is 21.9 Å². The van der Waals surface area contributed by atoms with Gasteiger partial charge in [0.05, 0.1) is 0 Å². The minimum absolute atomic E-state index is 0.0180. The second-order valence-electron chi connectivity index (χ2n) is 7.19. The molecule has 1 saturated carbocycles. The van der Waals surface area contributed by atoms with Crippen LogP contribution in [-0.4, -0.2) is 17.6 Å². The van der Waals surface area contributed by atoms with Crippen LogP contribution in [0.1, 0.15) is 56.6 Å². The molecule has 3 nitrogen and oxygen atoms in total. The van der Waals surface area contributed by atoms with Gasteiger partial charge in [0.2, 0.25) is 0 Å². The second-order valence-corrected chi connectivity index (χ2v) is 7.73. The zero-order valence-corrected chi connectivity index (χ0v) is 17.1. The number of nitrogens with one attached hydrogen (secondary N) is 2. The van der Waals surface area contributed by atoms with Crippen LogP contribution in [0.3, 0.4) is 0 Å². The summed E-state index contributed by atoms with van der Waals surface area (Å²) in [5.74, 6) is 0.743. The van der Waals surface area contributed by atoms with Crippen LogP contribution in [-0.2, 0) is 6.42 Å². The number of rotatable bonds is 6. The summed E-state index contributed by atoms with van der Waals surface area (Å²) in [4.78, 5) is 14.8. The van der Waals surface area contributed by atoms with Crippen LogP contribution in [0.15, 0.2) is 29.2 Å². The van der Waals surface area contributed by atoms with Gasteiger partial charge in [-0.1, -0.05) is 6.92 Å². The molecule has 2 aromatic rings. The molecule has 0 radical (unpaired) electrons. The molecule has 0 aliphatic heterocycles. The number of aromatic nitrogens is 1. The Morgan fingerprint density at radius 1 is 1.20 bits per heavy atom. The summed E-state index contributed by atoms with van der Waals surface area (Å²) in [6.45, 7) is 3.41. The molecule has 0 bridgehead atoms. The van der Waals surface area contributed by atoms with E-state index in [-0.39, 0.29) is 5.56 Å². The summed E-state index contributed by atoms with van der Waals surface area (Å²) in [5.41, 5.74) is 2.41. The molecule has 25 heavy (non-hydrogen) atoms. The van der Waals surface area contributed by atoms with E-state index in [4.69, 9.17) is 0 Å². The van der Waals surface area contributed by atoms with E-state index in [2.05, 4.69) is 49.0 Å². The van der Waals surface area contributed by atoms with E-state index in [0.717, 1.165) is 35.2 Å². The van der Waals surface area contributed by atoms with E-state index in [9.17, 15) is 4.79 Å². The molecular weight excluding hydrogens is 423 g/mol. The molecular formula is C21H27IN2O. The standard InChI is InChI=1S/C21H27IN2O/c1-2-3-11-23-17-7-4-15(5-8-17)13-16-6-9-19-18(20(16)14-22)10-12-24-21(19)25/h6,9-10,12,15,17,23H,2-5,7-8,11,13H2,1H3,(H,24,25). The van der Waals surface area contributed by atoms with Crippen molar-refractivity contribution in [1.82, 2.24) is 10.3 Å². The number of hydrogen-bond donors (Lipinski definition) is 2. The molecule has 1 fully saturated rings. The first-order valence-corrected chi connectivity index (χ1v) is 10.5. The number of fused-ring (bicyclic) bond motifs is 1. The predicted molar refractivity (Wildman–Crippen MR) is 114 cm³/mol. The molecule has 0 atom stereocenters. The molecule has 1 aliphatic carbocycles. The monoisotopic (exact) mass is 450 g/mol. The maximum atomic E-state index is 12.0. The molecule has 0 unspecified atom stereocenters. The number of aromatic amines is 1. The summed E-state index contributed by atoms with van der Waals surface area (Å²) in [7, 11) is 0. The van der Waals surface area contributed by atoms with Crippen molar-refractivity contribution >= 4 is 32.7 Å². The van der Waals surface area contributed by atoms with Crippen molar-refractivity contribution in [2.45, 2.75) is 57.9 Å². The zero-order chi connectivity index (χ0) is 17.6. The van der Waals surface area contributed by atoms with Gasteiger partial charge < -0.3 is 0 Å². The first-order valence-electron chi connectivity index (χ1n) is 9.46. The van der Waals surface area contributed by atoms with Gasteiger partial charge >= 0.3 is 156 Å². The Kier molecular flexibility index (Phi) is 6.74. The van der Waals surface area contributed by atoms with E-state index in [1.54, 1.807) is 6.20 Å². The van der Waals surface area contributed by atoms with Crippen LogP contribution in [0.2, 0.25) is 0 Å². The Labute approximate surface area is 162 Å². The number of H-pyrrole nitrogens is 1. The first kappa shape index (κ1) is 18.7. The van der Waals surface area contributed by atoms with Crippen LogP contribution in [0.25, 0.3) is 10.8 Å². The number of benzene rings is 1. The Morgan fingerprint density at radius 3 is 2.72 bits per heavy atom. The summed E-state index contributed by atoms with van der Waals surface area (Å²) >= 11 is 2.18. The van der Waals surface area contributed by atoms with E-state index < -0.39 is 0 Å². The van der Waals surface area contributed by atoms with Crippen molar-refractivity contribution in [3.8, 4) is 3.81 Å². The first-order chi connectivity index (χ1) is 12.2. The van der Waals surface area contributed by atoms with E-state index >= 15 is 0 Å². The van der Waals surface area contributed by atoms with Crippen molar-refractivity contribution in [1.29, 1.82) is 0 Å². The van der Waals surface area contributed by atoms with Crippen molar-refractivity contribution in [2.75, 3.05) is 6.54 Å². The third kappa shape index (κ3) is 4.55. The molecule has 4 heteroatoms. The molecule has 3 rings (SSSR count). The van der Waals surface area contributed by atoms with E-state index in [0.29, 0.717) is 6.04 Å². The van der Waals surface area contributed by atoms with Crippen molar-refractivity contribution in [3.63, 3.8) is 0 Å². The van der Waals surface area contributed by atoms with Crippen LogP contribution in [0.4, 0.5) is 0 Å². The second kappa shape index (κ2) is 9.02. The summed E-state index contributed by atoms with van der Waals surface area (Å²) in [6.07, 6.45) is 10.5. The van der Waals surface area contributed by atoms with Gasteiger partial charge in [-0.3, -0.25) is 0 Å². The summed E-state index contributed by atoms with van der Waals surface area (Å²) in [5, 5.41) is 5.49. The fraction of sp³-hybridized carbons (Fsp3) is 0.524. The van der Waals surface area contributed by atoms with E-state index in [1.165, 1.54) is 44.1 Å². The van der Waals surface area contributed by atoms with Gasteiger partial charge in [-0.25, -0.2) is 0 Å². The number of pyridine rings is 1. The Morgan fingerprint density at radius 2 is 2.00 bits per heavy atom. The van der Waals surface area contributed by atoms with Gasteiger partial charge in [0.1, 0.15) is 0 Å². The molecule has 0 amide bonds. The average molecular weight is 450 g/mol. The zero-order valence-electron chi connectivity index (χ0n) is 14.9. The average Bonchev–Trinajstić information content (AvgIpc) is 2.63. The SMILES string of the molecule is CCCCNC1CCC(Cc2ccc3c(=O)[nH]ccc3c2C#I)CC1. The minimum atomic E-state index is -0.0180. The Bertz CT molecular complexity index is 813. The third-order valence-electron chi connectivity index (χ3n) is 5.45. The van der Waals surface area contributed by atoms with Crippen molar-refractivity contribution < 1.29 is 0 Å². The predicted octanol–water partition coefficient (Wildman–Crippen LogP) is 4.76. The van der Waals surface area contributed by atoms with Gasteiger partial charge in [0.25, 0.3) is 0 Å². The molecule has 1 heterocycles. The third-order valence-corrected chi connectivity index (χ3v) is 5.99. The number of hydrogen-bond acceptors (Lipinski definition) is 2. The molecule has 2 N–H and O–H groups in total. The van der Waals surface area contributed by atoms with Crippen LogP contribution < -0.4 is 10.9 Å². The quantitative estimate of drug-likeness (QED) is 0.493. The number of unbranched alkanes of at least 4 members (excludes halogenated alkanes) is 1. The van der Waals surface area contributed by atoms with Gasteiger partial charge in [-0.15, -0.1) is 0 Å². The Hall–Kier alpha value is -1.10. The van der Waals surface area contributed by atoms with Gasteiger partial charge in [-0.2, -0.15) is 0 Å². The molecule has 1 aromatic carbocycles. The molecule has 1 aromatic heterocycles. The van der Waals surface area contributed by atoms with Crippen molar-refractivity contribution in [3.05, 3.63) is 45.9 Å². The van der Waals surface area contributed by atoms with Gasteiger partial charge in [0, 0.05) is 0 Å². The summed E-state index contributed by atoms with van der Waals surface area (Å²) < 4.78 is 3.30. The Balaban J connectivity index is 1.68. The van der Waals surface area contributed by atoms with Crippen molar-refractivity contribution in [2.24, 2.45) is 5.92 Å². The van der Waals surface area contributed by atoms with Gasteiger partial charge in [-0.05, 0) is 0 Å². The van der Waals surface area contributed by atoms with Gasteiger partial charge in [0.15, 0.2) is 0 Å². The van der Waals surface area contributed by atoms with Crippen LogP contribution in [0.5, 0.6) is 0 Å². The molecule has 134 valence electrons. The normalized spacial score (nSPS) is 20.5. The molecule has 0 spiro atoms.